The van der Waals surface area contributed by atoms with Crippen molar-refractivity contribution in [3.8, 4) is 5.75 Å². The molecule has 0 spiro atoms. The molecule has 1 aliphatic heterocycles. The summed E-state index contributed by atoms with van der Waals surface area (Å²) in [5.74, 6) is -1.49. The van der Waals surface area contributed by atoms with Crippen molar-refractivity contribution < 1.29 is 19.8 Å². The number of nitrogens with zero attached hydrogens (tertiary/aromatic N) is 1. The second-order valence-corrected chi connectivity index (χ2v) is 7.47. The monoisotopic (exact) mass is 401 g/mol. The molecule has 2 N–H and O–H groups in total. The van der Waals surface area contributed by atoms with Crippen LogP contribution < -0.4 is 0 Å². The Morgan fingerprint density at radius 1 is 1.00 bits per heavy atom. The maximum atomic E-state index is 13.0. The van der Waals surface area contributed by atoms with Crippen molar-refractivity contribution >= 4 is 28.2 Å². The third-order valence-corrected chi connectivity index (χ3v) is 5.52. The predicted octanol–water partition coefficient (Wildman–Crippen LogP) is 4.77. The Kier molecular flexibility index (Phi) is 5.27. The van der Waals surface area contributed by atoms with Crippen LogP contribution in [0.25, 0.3) is 16.5 Å². The third-order valence-electron chi connectivity index (χ3n) is 5.52. The number of likely N-dealkylation sites (tertiary alicyclic amines) is 1. The van der Waals surface area contributed by atoms with Gasteiger partial charge in [0, 0.05) is 12.1 Å². The molecule has 152 valence electrons. The van der Waals surface area contributed by atoms with Crippen LogP contribution in [-0.2, 0) is 9.59 Å². The highest BCUT2D eigenvalue weighted by Crippen LogP contribution is 2.41. The average Bonchev–Trinajstić information content (AvgIpc) is 3.01. The summed E-state index contributed by atoms with van der Waals surface area (Å²) in [4.78, 5) is 27.4. The molecule has 3 aromatic carbocycles. The minimum absolute atomic E-state index is 0.0405. The molecule has 1 amide bonds. The van der Waals surface area contributed by atoms with E-state index in [2.05, 4.69) is 0 Å². The Balaban J connectivity index is 1.94. The number of carbonyl (C=O) groups is 2. The number of fused-ring (bicyclic) bond motifs is 1. The first-order valence-electron chi connectivity index (χ1n) is 10.1. The average molecular weight is 401 g/mol. The molecule has 3 aromatic rings. The summed E-state index contributed by atoms with van der Waals surface area (Å²) >= 11 is 0. The van der Waals surface area contributed by atoms with Crippen molar-refractivity contribution in [3.63, 3.8) is 0 Å². The Morgan fingerprint density at radius 2 is 1.73 bits per heavy atom. The zero-order chi connectivity index (χ0) is 21.3. The number of unbranched alkanes of at least 4 members (excludes halogenated alkanes) is 1. The van der Waals surface area contributed by atoms with Crippen molar-refractivity contribution in [3.05, 3.63) is 83.4 Å². The van der Waals surface area contributed by atoms with Gasteiger partial charge in [0.25, 0.3) is 11.7 Å². The Hall–Kier alpha value is -3.60. The summed E-state index contributed by atoms with van der Waals surface area (Å²) in [6, 6.07) is 18.8. The van der Waals surface area contributed by atoms with E-state index < -0.39 is 17.7 Å². The van der Waals surface area contributed by atoms with Gasteiger partial charge in [0.2, 0.25) is 0 Å². The minimum Gasteiger partial charge on any atom is -0.508 e. The van der Waals surface area contributed by atoms with Crippen LogP contribution in [0.2, 0.25) is 0 Å². The molecule has 1 unspecified atom stereocenters. The van der Waals surface area contributed by atoms with Crippen LogP contribution in [0, 0.1) is 0 Å². The van der Waals surface area contributed by atoms with E-state index in [1.54, 1.807) is 18.2 Å². The van der Waals surface area contributed by atoms with E-state index in [1.807, 2.05) is 43.3 Å². The van der Waals surface area contributed by atoms with Crippen LogP contribution in [-0.4, -0.2) is 33.3 Å². The number of aliphatic hydroxyl groups is 1. The molecule has 1 heterocycles. The summed E-state index contributed by atoms with van der Waals surface area (Å²) in [5.41, 5.74) is 1.15. The second kappa shape index (κ2) is 8.03. The molecule has 1 atom stereocenters. The van der Waals surface area contributed by atoms with E-state index in [-0.39, 0.29) is 17.1 Å². The summed E-state index contributed by atoms with van der Waals surface area (Å²) in [5, 5.41) is 23.0. The normalized spacial score (nSPS) is 18.3. The fourth-order valence-corrected chi connectivity index (χ4v) is 4.06. The van der Waals surface area contributed by atoms with Gasteiger partial charge in [-0.15, -0.1) is 0 Å². The van der Waals surface area contributed by atoms with Gasteiger partial charge in [0.05, 0.1) is 11.6 Å². The van der Waals surface area contributed by atoms with Crippen LogP contribution >= 0.6 is 0 Å². The fraction of sp³-hybridized carbons (Fsp3) is 0.200. The lowest BCUT2D eigenvalue weighted by atomic mass is 9.93. The topological polar surface area (TPSA) is 77.8 Å². The first-order valence-corrected chi connectivity index (χ1v) is 10.1. The van der Waals surface area contributed by atoms with E-state index in [9.17, 15) is 19.8 Å². The second-order valence-electron chi connectivity index (χ2n) is 7.47. The number of aliphatic hydroxyl groups excluding tert-OH is 1. The molecule has 5 nitrogen and oxygen atoms in total. The van der Waals surface area contributed by atoms with Crippen LogP contribution in [0.3, 0.4) is 0 Å². The maximum Gasteiger partial charge on any atom is 0.295 e. The molecule has 4 rings (SSSR count). The molecule has 1 saturated heterocycles. The lowest BCUT2D eigenvalue weighted by Crippen LogP contribution is -2.30. The van der Waals surface area contributed by atoms with Gasteiger partial charge in [-0.2, -0.15) is 0 Å². The van der Waals surface area contributed by atoms with E-state index in [0.717, 1.165) is 23.6 Å². The maximum absolute atomic E-state index is 13.0. The smallest absolute Gasteiger partial charge is 0.295 e. The highest BCUT2D eigenvalue weighted by molar-refractivity contribution is 6.46. The van der Waals surface area contributed by atoms with E-state index in [4.69, 9.17) is 0 Å². The standard InChI is InChI=1S/C25H23NO4/c1-2-3-14-26-22(17-10-6-11-18(27)15-17)21(24(29)25(26)30)23(28)20-13-7-9-16-8-4-5-12-19(16)20/h4-13,15,22,27-28H,2-3,14H2,1H3/b23-21-. The SMILES string of the molecule is CCCCN1C(=O)C(=O)/C(=C(\O)c2cccc3ccccc23)C1c1cccc(O)c1. The number of phenols is 1. The number of hydrogen-bond donors (Lipinski definition) is 2. The Morgan fingerprint density at radius 3 is 2.50 bits per heavy atom. The van der Waals surface area contributed by atoms with Gasteiger partial charge < -0.3 is 15.1 Å². The van der Waals surface area contributed by atoms with Crippen LogP contribution in [0.5, 0.6) is 5.75 Å². The number of carbonyl (C=O) groups excluding carboxylic acids is 2. The summed E-state index contributed by atoms with van der Waals surface area (Å²) in [7, 11) is 0. The summed E-state index contributed by atoms with van der Waals surface area (Å²) in [6.45, 7) is 2.41. The van der Waals surface area contributed by atoms with Crippen LogP contribution in [0.1, 0.15) is 36.9 Å². The van der Waals surface area contributed by atoms with Gasteiger partial charge in [-0.3, -0.25) is 9.59 Å². The van der Waals surface area contributed by atoms with Gasteiger partial charge in [0.1, 0.15) is 11.5 Å². The lowest BCUT2D eigenvalue weighted by molar-refractivity contribution is -0.139. The summed E-state index contributed by atoms with van der Waals surface area (Å²) in [6.07, 6.45) is 1.59. The molecule has 0 radical (unpaired) electrons. The van der Waals surface area contributed by atoms with Gasteiger partial charge in [-0.1, -0.05) is 67.9 Å². The van der Waals surface area contributed by atoms with Crippen LogP contribution in [0.15, 0.2) is 72.3 Å². The molecule has 0 aromatic heterocycles. The molecule has 5 heteroatoms. The molecule has 1 fully saturated rings. The first-order chi connectivity index (χ1) is 14.5. The van der Waals surface area contributed by atoms with Crippen molar-refractivity contribution in [1.29, 1.82) is 0 Å². The van der Waals surface area contributed by atoms with Gasteiger partial charge in [-0.05, 0) is 34.9 Å². The molecule has 1 aliphatic rings. The van der Waals surface area contributed by atoms with Crippen LogP contribution in [0.4, 0.5) is 0 Å². The molecule has 0 aliphatic carbocycles. The molecular formula is C25H23NO4. The molecule has 30 heavy (non-hydrogen) atoms. The van der Waals surface area contributed by atoms with E-state index in [1.165, 1.54) is 17.0 Å². The number of rotatable bonds is 5. The number of benzene rings is 3. The van der Waals surface area contributed by atoms with E-state index >= 15 is 0 Å². The number of Topliss-reactive ketones (excluding diaryl/α,β-unsaturated/α-hetero) is 1. The summed E-state index contributed by atoms with van der Waals surface area (Å²) < 4.78 is 0. The van der Waals surface area contributed by atoms with Crippen molar-refractivity contribution in [2.24, 2.45) is 0 Å². The van der Waals surface area contributed by atoms with Gasteiger partial charge >= 0.3 is 0 Å². The minimum atomic E-state index is -0.748. The molecule has 0 bridgehead atoms. The number of ketones is 1. The number of phenolic OH excluding ortho intramolecular Hbond substituents is 1. The number of amides is 1. The predicted molar refractivity (Wildman–Crippen MR) is 116 cm³/mol. The lowest BCUT2D eigenvalue weighted by Gasteiger charge is -2.25. The zero-order valence-corrected chi connectivity index (χ0v) is 16.7. The first kappa shape index (κ1) is 19.7. The zero-order valence-electron chi connectivity index (χ0n) is 16.7. The van der Waals surface area contributed by atoms with Crippen molar-refractivity contribution in [2.75, 3.05) is 6.54 Å². The number of aromatic hydroxyl groups is 1. The molecular weight excluding hydrogens is 378 g/mol. The Labute approximate surface area is 174 Å². The highest BCUT2D eigenvalue weighted by atomic mass is 16.3. The molecule has 0 saturated carbocycles. The third kappa shape index (κ3) is 3.32. The quantitative estimate of drug-likeness (QED) is 0.367. The van der Waals surface area contributed by atoms with E-state index in [0.29, 0.717) is 17.7 Å². The van der Waals surface area contributed by atoms with Gasteiger partial charge in [-0.25, -0.2) is 0 Å². The highest BCUT2D eigenvalue weighted by Gasteiger charge is 2.45. The van der Waals surface area contributed by atoms with Crippen molar-refractivity contribution in [1.82, 2.24) is 4.90 Å². The van der Waals surface area contributed by atoms with Crippen molar-refractivity contribution in [2.45, 2.75) is 25.8 Å². The number of hydrogen-bond acceptors (Lipinski definition) is 4. The Bertz CT molecular complexity index is 1160. The largest absolute Gasteiger partial charge is 0.508 e. The van der Waals surface area contributed by atoms with Gasteiger partial charge in [0.15, 0.2) is 0 Å². The fourth-order valence-electron chi connectivity index (χ4n) is 4.06.